The number of fused-ring (bicyclic) bond motifs is 4. The second kappa shape index (κ2) is 36.7. The number of phosphoric acid groups is 1. The summed E-state index contributed by atoms with van der Waals surface area (Å²) in [6.07, 6.45) is 15.3. The zero-order chi connectivity index (χ0) is 50.9. The smallest absolute Gasteiger partial charge is 0.462 e. The Kier molecular flexibility index (Phi) is 33.0. The summed E-state index contributed by atoms with van der Waals surface area (Å²) in [6.45, 7) is 2.64. The van der Waals surface area contributed by atoms with Gasteiger partial charge in [-0.05, 0) is 77.0 Å². The van der Waals surface area contributed by atoms with E-state index in [0.717, 1.165) is 63.9 Å². The van der Waals surface area contributed by atoms with Crippen LogP contribution < -0.4 is 0 Å². The topological polar surface area (TPSA) is 279 Å². The first-order valence-electron chi connectivity index (χ1n) is 24.8. The van der Waals surface area contributed by atoms with Crippen LogP contribution in [0.15, 0.2) is 85.1 Å². The first-order valence-corrected chi connectivity index (χ1v) is 26.3. The molecule has 0 spiro atoms. The van der Waals surface area contributed by atoms with E-state index >= 15 is 0 Å². The van der Waals surface area contributed by atoms with E-state index in [1.54, 1.807) is 12.2 Å². The van der Waals surface area contributed by atoms with Gasteiger partial charge in [0, 0.05) is 25.2 Å². The molecule has 17 nitrogen and oxygen atoms in total. The Bertz CT molecular complexity index is 1660. The van der Waals surface area contributed by atoms with Crippen molar-refractivity contribution in [1.82, 2.24) is 0 Å². The molecule has 9 N–H and O–H groups in total. The van der Waals surface area contributed by atoms with Gasteiger partial charge in [-0.15, -0.1) is 0 Å². The van der Waals surface area contributed by atoms with E-state index in [0.29, 0.717) is 38.5 Å². The lowest BCUT2D eigenvalue weighted by Crippen LogP contribution is -2.58. The van der Waals surface area contributed by atoms with Gasteiger partial charge in [0.2, 0.25) is 0 Å². The lowest BCUT2D eigenvalue weighted by Gasteiger charge is -2.39. The normalized spacial score (nSPS) is 31.6. The molecule has 0 amide bonds. The molecule has 1 fully saturated rings. The first-order chi connectivity index (χ1) is 33.1. The van der Waals surface area contributed by atoms with Crippen LogP contribution in [0.4, 0.5) is 0 Å². The number of hydrogen-bond acceptors (Lipinski definition) is 16. The second-order valence-corrected chi connectivity index (χ2v) is 18.9. The Labute approximate surface area is 409 Å². The highest BCUT2D eigenvalue weighted by Gasteiger charge is 2.48. The number of hydrogen-bond donors (Lipinski definition) is 9. The highest BCUT2D eigenvalue weighted by molar-refractivity contribution is 7.47. The van der Waals surface area contributed by atoms with Gasteiger partial charge in [0.1, 0.15) is 43.2 Å². The van der Waals surface area contributed by atoms with E-state index in [4.69, 9.17) is 23.3 Å². The van der Waals surface area contributed by atoms with Crippen LogP contribution in [0.1, 0.15) is 136 Å². The van der Waals surface area contributed by atoms with Gasteiger partial charge in [-0.3, -0.25) is 18.6 Å². The lowest BCUT2D eigenvalue weighted by atomic mass is 9.83. The summed E-state index contributed by atoms with van der Waals surface area (Å²) >= 11 is 0. The molecule has 2 bridgehead atoms. The maximum Gasteiger partial charge on any atom is 0.472 e. The van der Waals surface area contributed by atoms with Crippen LogP contribution in [0.2, 0.25) is 0 Å². The molecule has 2 rings (SSSR count). The van der Waals surface area contributed by atoms with E-state index in [-0.39, 0.29) is 19.3 Å². The Hall–Kier alpha value is -3.13. The van der Waals surface area contributed by atoms with Crippen molar-refractivity contribution in [1.29, 1.82) is 0 Å². The monoisotopic (exact) mass is 999 g/mol. The second-order valence-electron chi connectivity index (χ2n) is 17.5. The van der Waals surface area contributed by atoms with Crippen LogP contribution >= 0.6 is 7.82 Å². The molecule has 0 radical (unpaired) electrons. The van der Waals surface area contributed by atoms with Crippen LogP contribution in [0, 0.1) is 5.92 Å². The minimum Gasteiger partial charge on any atom is -0.462 e. The van der Waals surface area contributed by atoms with Crippen molar-refractivity contribution in [3.63, 3.8) is 0 Å². The lowest BCUT2D eigenvalue weighted by molar-refractivity contribution is -0.213. The number of allylic oxidation sites excluding steroid dienone is 12. The summed E-state index contributed by atoms with van der Waals surface area (Å²) < 4.78 is 40.3. The predicted molar refractivity (Wildman–Crippen MR) is 261 cm³/mol. The van der Waals surface area contributed by atoms with Gasteiger partial charge in [0.15, 0.2) is 12.4 Å². The Balaban J connectivity index is 2.16. The number of cyclic esters (lactones) is 1. The average Bonchev–Trinajstić information content (AvgIpc) is 3.31. The highest BCUT2D eigenvalue weighted by atomic mass is 31.2. The Morgan fingerprint density at radius 2 is 1.42 bits per heavy atom. The molecule has 0 aromatic rings. The third-order valence-corrected chi connectivity index (χ3v) is 12.5. The maximum atomic E-state index is 13.6. The molecule has 394 valence electrons. The zero-order valence-corrected chi connectivity index (χ0v) is 41.5. The van der Waals surface area contributed by atoms with Crippen molar-refractivity contribution in [2.45, 2.75) is 203 Å². The van der Waals surface area contributed by atoms with E-state index in [1.807, 2.05) is 6.92 Å². The zero-order valence-electron chi connectivity index (χ0n) is 40.6. The minimum atomic E-state index is -5.49. The number of phosphoric ester groups is 1. The fourth-order valence-corrected chi connectivity index (χ4v) is 8.45. The third-order valence-electron chi connectivity index (χ3n) is 11.5. The molecule has 13 atom stereocenters. The summed E-state index contributed by atoms with van der Waals surface area (Å²) in [6, 6.07) is 0. The number of carbonyl (C=O) groups excluding carboxylic acids is 2. The van der Waals surface area contributed by atoms with E-state index < -0.39 is 113 Å². The Morgan fingerprint density at radius 1 is 0.783 bits per heavy atom. The first kappa shape index (κ1) is 62.0. The van der Waals surface area contributed by atoms with E-state index in [9.17, 15) is 59.9 Å². The standard InChI is InChI=1S/C51H83O17P/c1-3-5-7-8-9-10-11-12-13-14-15-16-17-18-19-20-21-22-28-32-44(55)66-39-36-64-43(54)31-27-24-23-26-30-40-41(53)35-45(56)67-42(34-33-38(52)29-25-6-4-2)47(58)49(60)51(50(61)48(59)46(40)57)68-69(62,63)65-37-39/h5,7,9-10,12-13,15-16,18-19,23,26,33-34,38-42,45-53,56-61H,3-4,6,8,11,14,17,20-22,24-25,27-32,35-37H2,1-2H3,(H,62,63)/b7-5-,10-9-,13-12-,16-15-,19-18-,26-23?,34-33+/t38-,39+,40-,41-,42+,45?,46+,47+,48-,49+,50+,51+/m0/s1. The molecule has 1 saturated heterocycles. The quantitative estimate of drug-likeness (QED) is 0.0254. The number of rotatable bonds is 22. The van der Waals surface area contributed by atoms with Gasteiger partial charge in [-0.1, -0.05) is 125 Å². The summed E-state index contributed by atoms with van der Waals surface area (Å²) in [5, 5.41) is 89.5. The number of carbonyl (C=O) groups is 2. The molecule has 2 heterocycles. The molecule has 0 aromatic heterocycles. The summed E-state index contributed by atoms with van der Waals surface area (Å²) in [7, 11) is -5.49. The van der Waals surface area contributed by atoms with Crippen molar-refractivity contribution in [2.75, 3.05) is 13.2 Å². The number of ether oxygens (including phenoxy) is 3. The van der Waals surface area contributed by atoms with Crippen molar-refractivity contribution < 1.29 is 83.2 Å². The van der Waals surface area contributed by atoms with Gasteiger partial charge >= 0.3 is 19.8 Å². The van der Waals surface area contributed by atoms with Crippen LogP contribution in [0.25, 0.3) is 0 Å². The van der Waals surface area contributed by atoms with Crippen LogP contribution in [-0.4, -0.2) is 138 Å². The summed E-state index contributed by atoms with van der Waals surface area (Å²) in [5.74, 6) is -2.69. The van der Waals surface area contributed by atoms with Crippen molar-refractivity contribution in [2.24, 2.45) is 5.92 Å². The molecular weight excluding hydrogens is 916 g/mol. The van der Waals surface area contributed by atoms with Gasteiger partial charge in [0.25, 0.3) is 0 Å². The van der Waals surface area contributed by atoms with Crippen LogP contribution in [0.3, 0.4) is 0 Å². The van der Waals surface area contributed by atoms with Crippen molar-refractivity contribution in [3.8, 4) is 0 Å². The predicted octanol–water partition coefficient (Wildman–Crippen LogP) is 6.16. The number of aliphatic hydroxyl groups is 8. The molecule has 2 aliphatic heterocycles. The van der Waals surface area contributed by atoms with Crippen LogP contribution in [0.5, 0.6) is 0 Å². The van der Waals surface area contributed by atoms with Gasteiger partial charge in [-0.2, -0.15) is 0 Å². The van der Waals surface area contributed by atoms with Crippen molar-refractivity contribution in [3.05, 3.63) is 85.1 Å². The highest BCUT2D eigenvalue weighted by Crippen LogP contribution is 2.47. The number of aliphatic hydroxyl groups excluding tert-OH is 8. The van der Waals surface area contributed by atoms with Crippen molar-refractivity contribution >= 4 is 19.8 Å². The number of esters is 2. The molecule has 2 aliphatic rings. The fraction of sp³-hybridized carbons (Fsp3) is 0.686. The third kappa shape index (κ3) is 27.3. The minimum absolute atomic E-state index is 0.0217. The Morgan fingerprint density at radius 3 is 2.07 bits per heavy atom. The molecule has 0 aliphatic carbocycles. The van der Waals surface area contributed by atoms with Gasteiger partial charge < -0.3 is 60.0 Å². The van der Waals surface area contributed by atoms with E-state index in [1.165, 1.54) is 6.08 Å². The molecular formula is C51H83O17P. The van der Waals surface area contributed by atoms with Gasteiger partial charge in [0.05, 0.1) is 24.9 Å². The molecule has 0 saturated carbocycles. The van der Waals surface area contributed by atoms with Crippen LogP contribution in [-0.2, 0) is 37.4 Å². The maximum absolute atomic E-state index is 13.6. The number of unbranched alkanes of at least 4 members (excludes halogenated alkanes) is 5. The fourth-order valence-electron chi connectivity index (χ4n) is 7.48. The molecule has 2 unspecified atom stereocenters. The molecule has 0 aromatic carbocycles. The summed E-state index contributed by atoms with van der Waals surface area (Å²) in [4.78, 5) is 36.6. The summed E-state index contributed by atoms with van der Waals surface area (Å²) in [5.41, 5.74) is 0. The van der Waals surface area contributed by atoms with E-state index in [2.05, 4.69) is 67.7 Å². The average molecular weight is 999 g/mol. The largest absolute Gasteiger partial charge is 0.472 e. The van der Waals surface area contributed by atoms with Gasteiger partial charge in [-0.25, -0.2) is 4.57 Å². The molecule has 69 heavy (non-hydrogen) atoms. The SMILES string of the molecule is CC/C=C\C/C=C\C/C=C\C/C=C\C/C=C\CCCCCC(=O)O[C@@H]1COC(=O)CCCC=CC[C@@H]2[C@@H](O)[C@H](O)[C@@H](O)[C@H](OP(=O)(O)OC1)[C@H](O)[C@H](O)[C@@H](/C=C/[C@@H](O)CCCCC)OC(O)C[C@@H]2O. The molecule has 18 heteroatoms.